The Labute approximate surface area is 147 Å². The second kappa shape index (κ2) is 6.71. The number of hydrazone groups is 1. The standard InChI is InChI=1S/C17H18N6O3/c1-4-9-23-13-14(22(3)17(26)19-15(13)25)18-16(23)21-20-10(2)11-7-5-6-8-12(11)24/h4-8,24H,1,9H2,2-3H3,(H,18,21)(H,19,25,26)/b20-10+. The molecular formula is C17H18N6O3. The van der Waals surface area contributed by atoms with Crippen LogP contribution in [0.25, 0.3) is 11.2 Å². The summed E-state index contributed by atoms with van der Waals surface area (Å²) in [5.41, 5.74) is 3.29. The van der Waals surface area contributed by atoms with Crippen LogP contribution in [0.5, 0.6) is 5.75 Å². The van der Waals surface area contributed by atoms with Gasteiger partial charge in [0.1, 0.15) is 5.75 Å². The van der Waals surface area contributed by atoms with Gasteiger partial charge in [0.2, 0.25) is 5.95 Å². The van der Waals surface area contributed by atoms with E-state index in [0.717, 1.165) is 0 Å². The molecule has 0 aliphatic carbocycles. The van der Waals surface area contributed by atoms with Crippen LogP contribution in [0.15, 0.2) is 51.6 Å². The summed E-state index contributed by atoms with van der Waals surface area (Å²) >= 11 is 0. The highest BCUT2D eigenvalue weighted by Gasteiger charge is 2.16. The third-order valence-electron chi connectivity index (χ3n) is 3.94. The van der Waals surface area contributed by atoms with Gasteiger partial charge in [0.15, 0.2) is 11.2 Å². The lowest BCUT2D eigenvalue weighted by atomic mass is 10.1. The van der Waals surface area contributed by atoms with Crippen molar-refractivity contribution in [3.8, 4) is 5.75 Å². The Balaban J connectivity index is 2.10. The van der Waals surface area contributed by atoms with E-state index in [4.69, 9.17) is 0 Å². The summed E-state index contributed by atoms with van der Waals surface area (Å²) in [6.07, 6.45) is 1.61. The number of allylic oxidation sites excluding steroid dienone is 1. The quantitative estimate of drug-likeness (QED) is 0.361. The monoisotopic (exact) mass is 354 g/mol. The van der Waals surface area contributed by atoms with E-state index in [9.17, 15) is 14.7 Å². The highest BCUT2D eigenvalue weighted by atomic mass is 16.3. The Morgan fingerprint density at radius 1 is 1.42 bits per heavy atom. The second-order valence-corrected chi connectivity index (χ2v) is 5.65. The van der Waals surface area contributed by atoms with Crippen LogP contribution in [0, 0.1) is 0 Å². The van der Waals surface area contributed by atoms with E-state index in [2.05, 4.69) is 27.1 Å². The summed E-state index contributed by atoms with van der Waals surface area (Å²) in [5, 5.41) is 14.1. The van der Waals surface area contributed by atoms with E-state index in [1.807, 2.05) is 0 Å². The van der Waals surface area contributed by atoms with Gasteiger partial charge in [0.05, 0.1) is 5.71 Å². The first-order valence-corrected chi connectivity index (χ1v) is 7.83. The number of aryl methyl sites for hydroxylation is 1. The molecule has 9 nitrogen and oxygen atoms in total. The van der Waals surface area contributed by atoms with Crippen LogP contribution in [-0.2, 0) is 13.6 Å². The summed E-state index contributed by atoms with van der Waals surface area (Å²) in [7, 11) is 1.52. The fraction of sp³-hybridized carbons (Fsp3) is 0.176. The van der Waals surface area contributed by atoms with Crippen LogP contribution >= 0.6 is 0 Å². The topological polar surface area (TPSA) is 117 Å². The van der Waals surface area contributed by atoms with E-state index >= 15 is 0 Å². The number of benzene rings is 1. The lowest BCUT2D eigenvalue weighted by Gasteiger charge is -2.07. The van der Waals surface area contributed by atoms with Crippen LogP contribution in [0.3, 0.4) is 0 Å². The largest absolute Gasteiger partial charge is 0.507 e. The number of aromatic hydroxyl groups is 1. The van der Waals surface area contributed by atoms with Crippen LogP contribution < -0.4 is 16.7 Å². The molecule has 0 atom stereocenters. The number of rotatable bonds is 5. The third-order valence-corrected chi connectivity index (χ3v) is 3.94. The maximum absolute atomic E-state index is 12.2. The Kier molecular flexibility index (Phi) is 4.44. The fourth-order valence-corrected chi connectivity index (χ4v) is 2.60. The molecule has 3 aromatic rings. The lowest BCUT2D eigenvalue weighted by Crippen LogP contribution is -2.29. The van der Waals surface area contributed by atoms with Crippen molar-refractivity contribution in [2.24, 2.45) is 12.1 Å². The number of anilines is 1. The number of phenols is 1. The summed E-state index contributed by atoms with van der Waals surface area (Å²) in [5.74, 6) is 0.385. The smallest absolute Gasteiger partial charge is 0.329 e. The maximum atomic E-state index is 12.2. The number of aromatic nitrogens is 4. The van der Waals surface area contributed by atoms with Gasteiger partial charge in [-0.3, -0.25) is 18.9 Å². The number of fused-ring (bicyclic) bond motifs is 1. The highest BCUT2D eigenvalue weighted by Crippen LogP contribution is 2.18. The van der Waals surface area contributed by atoms with Gasteiger partial charge in [0.25, 0.3) is 5.56 Å². The summed E-state index contributed by atoms with van der Waals surface area (Å²) in [6, 6.07) is 6.81. The Bertz CT molecular complexity index is 1140. The molecule has 1 aromatic carbocycles. The number of nitrogens with zero attached hydrogens (tertiary/aromatic N) is 4. The van der Waals surface area contributed by atoms with Gasteiger partial charge in [-0.2, -0.15) is 10.1 Å². The predicted molar refractivity (Wildman–Crippen MR) is 99.7 cm³/mol. The molecule has 0 radical (unpaired) electrons. The van der Waals surface area contributed by atoms with E-state index in [1.54, 1.807) is 41.8 Å². The number of phenolic OH excluding ortho intramolecular Hbond substituents is 1. The molecular weight excluding hydrogens is 336 g/mol. The molecule has 3 N–H and O–H groups in total. The molecule has 3 rings (SSSR count). The van der Waals surface area contributed by atoms with E-state index < -0.39 is 11.2 Å². The van der Waals surface area contributed by atoms with E-state index in [-0.39, 0.29) is 22.9 Å². The minimum absolute atomic E-state index is 0.106. The normalized spacial score (nSPS) is 11.7. The third kappa shape index (κ3) is 2.90. The van der Waals surface area contributed by atoms with Crippen molar-refractivity contribution in [3.05, 3.63) is 63.3 Å². The molecule has 9 heteroatoms. The number of hydrogen-bond donors (Lipinski definition) is 3. The zero-order chi connectivity index (χ0) is 18.8. The average molecular weight is 354 g/mol. The number of nitrogens with one attached hydrogen (secondary N) is 2. The molecule has 0 spiro atoms. The van der Waals surface area contributed by atoms with Crippen LogP contribution in [0.1, 0.15) is 12.5 Å². The molecule has 0 fully saturated rings. The first kappa shape index (κ1) is 17.2. The molecule has 134 valence electrons. The van der Waals surface area contributed by atoms with Crippen molar-refractivity contribution >= 4 is 22.8 Å². The molecule has 2 aromatic heterocycles. The minimum atomic E-state index is -0.550. The van der Waals surface area contributed by atoms with Crippen molar-refractivity contribution in [2.45, 2.75) is 13.5 Å². The summed E-state index contributed by atoms with van der Waals surface area (Å²) in [4.78, 5) is 30.6. The maximum Gasteiger partial charge on any atom is 0.329 e. The minimum Gasteiger partial charge on any atom is -0.507 e. The molecule has 0 amide bonds. The summed E-state index contributed by atoms with van der Waals surface area (Å²) < 4.78 is 2.82. The van der Waals surface area contributed by atoms with E-state index in [1.165, 1.54) is 11.6 Å². The molecule has 0 aliphatic rings. The Hall–Kier alpha value is -3.62. The van der Waals surface area contributed by atoms with Crippen molar-refractivity contribution < 1.29 is 5.11 Å². The zero-order valence-corrected chi connectivity index (χ0v) is 14.4. The van der Waals surface area contributed by atoms with Crippen LogP contribution in [0.2, 0.25) is 0 Å². The van der Waals surface area contributed by atoms with Gasteiger partial charge in [-0.25, -0.2) is 10.2 Å². The molecule has 0 saturated carbocycles. The number of imidazole rings is 1. The van der Waals surface area contributed by atoms with Gasteiger partial charge in [0, 0.05) is 19.2 Å². The predicted octanol–water partition coefficient (Wildman–Crippen LogP) is 1.15. The van der Waals surface area contributed by atoms with Gasteiger partial charge >= 0.3 is 5.69 Å². The number of hydrogen-bond acceptors (Lipinski definition) is 6. The molecule has 0 bridgehead atoms. The second-order valence-electron chi connectivity index (χ2n) is 5.65. The van der Waals surface area contributed by atoms with Crippen molar-refractivity contribution in [1.29, 1.82) is 0 Å². The van der Waals surface area contributed by atoms with Crippen LogP contribution in [0.4, 0.5) is 5.95 Å². The lowest BCUT2D eigenvalue weighted by molar-refractivity contribution is 0.474. The molecule has 2 heterocycles. The number of aromatic amines is 1. The van der Waals surface area contributed by atoms with Gasteiger partial charge < -0.3 is 5.11 Å². The number of H-pyrrole nitrogens is 1. The van der Waals surface area contributed by atoms with Crippen molar-refractivity contribution in [3.63, 3.8) is 0 Å². The SMILES string of the molecule is C=CCn1c(N/N=C(\C)c2ccccc2O)nc2c1c(=O)[nH]c(=O)n2C. The van der Waals surface area contributed by atoms with Crippen LogP contribution in [-0.4, -0.2) is 29.9 Å². The molecule has 26 heavy (non-hydrogen) atoms. The van der Waals surface area contributed by atoms with E-state index in [0.29, 0.717) is 17.8 Å². The van der Waals surface area contributed by atoms with Gasteiger partial charge in [-0.15, -0.1) is 6.58 Å². The highest BCUT2D eigenvalue weighted by molar-refractivity contribution is 6.01. The summed E-state index contributed by atoms with van der Waals surface area (Å²) in [6.45, 7) is 5.71. The molecule has 0 unspecified atom stereocenters. The number of para-hydroxylation sites is 1. The zero-order valence-electron chi connectivity index (χ0n) is 14.4. The molecule has 0 aliphatic heterocycles. The average Bonchev–Trinajstić information content (AvgIpc) is 2.97. The Morgan fingerprint density at radius 3 is 2.85 bits per heavy atom. The Morgan fingerprint density at radius 2 is 2.15 bits per heavy atom. The molecule has 0 saturated heterocycles. The van der Waals surface area contributed by atoms with Gasteiger partial charge in [-0.1, -0.05) is 18.2 Å². The fourth-order valence-electron chi connectivity index (χ4n) is 2.60. The van der Waals surface area contributed by atoms with Crippen molar-refractivity contribution in [1.82, 2.24) is 19.1 Å². The van der Waals surface area contributed by atoms with Crippen molar-refractivity contribution in [2.75, 3.05) is 5.43 Å². The van der Waals surface area contributed by atoms with Gasteiger partial charge in [-0.05, 0) is 19.1 Å². The first-order valence-electron chi connectivity index (χ1n) is 7.83. The first-order chi connectivity index (χ1) is 12.4.